The number of alkyl halides is 6. The van der Waals surface area contributed by atoms with E-state index in [1.165, 1.54) is 24.3 Å². The molecule has 1 amide bonds. The van der Waals surface area contributed by atoms with Gasteiger partial charge < -0.3 is 15.2 Å². The molecule has 0 aromatic heterocycles. The maximum Gasteiger partial charge on any atom is 0.426 e. The summed E-state index contributed by atoms with van der Waals surface area (Å²) in [5, 5.41) is 12.4. The second-order valence-corrected chi connectivity index (χ2v) is 8.35. The summed E-state index contributed by atoms with van der Waals surface area (Å²) in [6.45, 7) is 0. The van der Waals surface area contributed by atoms with Crippen molar-refractivity contribution < 1.29 is 50.2 Å². The molecule has 34 heavy (non-hydrogen) atoms. The zero-order valence-electron chi connectivity index (χ0n) is 17.1. The van der Waals surface area contributed by atoms with Crippen LogP contribution in [0.3, 0.4) is 0 Å². The van der Waals surface area contributed by atoms with Crippen LogP contribution >= 0.6 is 0 Å². The van der Waals surface area contributed by atoms with Gasteiger partial charge in [0.05, 0.1) is 11.1 Å². The predicted octanol–water partition coefficient (Wildman–Crippen LogP) is 4.55. The number of benzene rings is 2. The lowest BCUT2D eigenvalue weighted by molar-refractivity contribution is -0.256. The van der Waals surface area contributed by atoms with Gasteiger partial charge in [-0.25, -0.2) is 9.18 Å². The fraction of sp³-hybridized carbons (Fsp3) is 0.364. The van der Waals surface area contributed by atoms with Crippen molar-refractivity contribution in [1.29, 1.82) is 0 Å². The Balaban J connectivity index is 1.66. The van der Waals surface area contributed by atoms with Crippen LogP contribution in [0.5, 0.6) is 0 Å². The lowest BCUT2D eigenvalue weighted by Crippen LogP contribution is -2.59. The van der Waals surface area contributed by atoms with E-state index in [9.17, 15) is 45.4 Å². The molecule has 2 aromatic carbocycles. The number of rotatable bonds is 5. The van der Waals surface area contributed by atoms with Crippen LogP contribution < -0.4 is 5.32 Å². The molecular formula is C22H16F7NO4. The Labute approximate surface area is 187 Å². The minimum atomic E-state index is -5.58. The van der Waals surface area contributed by atoms with E-state index in [0.717, 1.165) is 0 Å². The second kappa shape index (κ2) is 7.69. The van der Waals surface area contributed by atoms with E-state index in [0.29, 0.717) is 18.2 Å². The zero-order valence-corrected chi connectivity index (χ0v) is 17.1. The number of hydrogen-bond acceptors (Lipinski definition) is 4. The number of carbonyl (C=O) groups excluding carboxylic acids is 2. The SMILES string of the molecule is O=C1OC(NC(=O)C(O)(CC2(c3cc(C(F)(F)F)ccc3F)CC2)C(F)(F)F)c2ccccc21. The molecule has 0 radical (unpaired) electrons. The van der Waals surface area contributed by atoms with Gasteiger partial charge in [0.1, 0.15) is 5.82 Å². The van der Waals surface area contributed by atoms with Gasteiger partial charge in [0.15, 0.2) is 0 Å². The first-order valence-corrected chi connectivity index (χ1v) is 9.95. The molecular weight excluding hydrogens is 475 g/mol. The number of esters is 1. The number of halogens is 7. The van der Waals surface area contributed by atoms with E-state index >= 15 is 0 Å². The quantitative estimate of drug-likeness (QED) is 0.476. The van der Waals surface area contributed by atoms with Crippen molar-refractivity contribution in [2.24, 2.45) is 0 Å². The molecule has 2 unspecified atom stereocenters. The van der Waals surface area contributed by atoms with Gasteiger partial charge in [0, 0.05) is 17.4 Å². The van der Waals surface area contributed by atoms with Gasteiger partial charge in [-0.05, 0) is 42.7 Å². The lowest BCUT2D eigenvalue weighted by atomic mass is 9.81. The van der Waals surface area contributed by atoms with Crippen molar-refractivity contribution in [3.05, 3.63) is 70.5 Å². The first kappa shape index (κ1) is 24.0. The molecule has 5 nitrogen and oxygen atoms in total. The summed E-state index contributed by atoms with van der Waals surface area (Å²) < 4.78 is 100. The summed E-state index contributed by atoms with van der Waals surface area (Å²) in [6, 6.07) is 6.91. The molecule has 1 saturated carbocycles. The lowest BCUT2D eigenvalue weighted by Gasteiger charge is -2.33. The van der Waals surface area contributed by atoms with E-state index in [2.05, 4.69) is 0 Å². The van der Waals surface area contributed by atoms with Gasteiger partial charge in [-0.1, -0.05) is 18.2 Å². The van der Waals surface area contributed by atoms with Crippen molar-refractivity contribution in [2.45, 2.75) is 48.9 Å². The van der Waals surface area contributed by atoms with Crippen molar-refractivity contribution in [3.8, 4) is 0 Å². The van der Waals surface area contributed by atoms with Gasteiger partial charge in [-0.3, -0.25) is 4.79 Å². The number of fused-ring (bicyclic) bond motifs is 1. The number of cyclic esters (lactones) is 1. The van der Waals surface area contributed by atoms with E-state index < -0.39 is 64.8 Å². The van der Waals surface area contributed by atoms with Gasteiger partial charge >= 0.3 is 18.3 Å². The molecule has 4 rings (SSSR count). The summed E-state index contributed by atoms with van der Waals surface area (Å²) >= 11 is 0. The molecule has 12 heteroatoms. The third-order valence-corrected chi connectivity index (χ3v) is 6.11. The Bertz CT molecular complexity index is 1160. The largest absolute Gasteiger partial charge is 0.434 e. The highest BCUT2D eigenvalue weighted by Gasteiger charge is 2.65. The van der Waals surface area contributed by atoms with E-state index in [1.54, 1.807) is 0 Å². The van der Waals surface area contributed by atoms with Crippen LogP contribution in [0, 0.1) is 5.82 Å². The Morgan fingerprint density at radius 2 is 1.74 bits per heavy atom. The first-order chi connectivity index (χ1) is 15.7. The molecule has 2 aliphatic rings. The Morgan fingerprint density at radius 1 is 1.09 bits per heavy atom. The van der Waals surface area contributed by atoms with E-state index in [-0.39, 0.29) is 24.0 Å². The number of nitrogens with one attached hydrogen (secondary N) is 1. The molecule has 2 aromatic rings. The average Bonchev–Trinajstić information content (AvgIpc) is 3.44. The maximum atomic E-state index is 14.4. The molecule has 1 aliphatic carbocycles. The predicted molar refractivity (Wildman–Crippen MR) is 101 cm³/mol. The number of aliphatic hydroxyl groups is 1. The standard InChI is InChI=1S/C22H16F7NO4/c23-15-6-5-11(21(24,25)26)9-14(15)19(7-8-19)10-20(33,22(27,28)29)18(32)30-16-12-3-1-2-4-13(12)17(31)34-16/h1-6,9,16,33H,7-8,10H2,(H,30,32). The Kier molecular flexibility index (Phi) is 5.42. The van der Waals surface area contributed by atoms with E-state index in [1.807, 2.05) is 5.32 Å². The minimum Gasteiger partial charge on any atom is -0.434 e. The smallest absolute Gasteiger partial charge is 0.426 e. The average molecular weight is 491 g/mol. The molecule has 182 valence electrons. The number of amides is 1. The zero-order chi connectivity index (χ0) is 25.1. The maximum absolute atomic E-state index is 14.4. The minimum absolute atomic E-state index is 0.00745. The topological polar surface area (TPSA) is 75.6 Å². The third-order valence-electron chi connectivity index (χ3n) is 6.11. The van der Waals surface area contributed by atoms with Crippen molar-refractivity contribution in [3.63, 3.8) is 0 Å². The normalized spacial score (nSPS) is 20.8. The molecule has 0 bridgehead atoms. The summed E-state index contributed by atoms with van der Waals surface area (Å²) in [5.41, 5.74) is -7.82. The fourth-order valence-corrected chi connectivity index (χ4v) is 4.09. The summed E-state index contributed by atoms with van der Waals surface area (Å²) in [5.74, 6) is -4.07. The Hall–Kier alpha value is -3.15. The highest BCUT2D eigenvalue weighted by molar-refractivity contribution is 5.95. The number of ether oxygens (including phenoxy) is 1. The highest BCUT2D eigenvalue weighted by Crippen LogP contribution is 2.57. The van der Waals surface area contributed by atoms with Crippen LogP contribution in [-0.4, -0.2) is 28.8 Å². The van der Waals surface area contributed by atoms with Gasteiger partial charge in [0.2, 0.25) is 11.8 Å². The number of carbonyl (C=O) groups is 2. The molecule has 1 fully saturated rings. The molecule has 1 aliphatic heterocycles. The summed E-state index contributed by atoms with van der Waals surface area (Å²) in [6.07, 6.45) is -13.9. The van der Waals surface area contributed by atoms with Crippen LogP contribution in [0.25, 0.3) is 0 Å². The molecule has 2 atom stereocenters. The van der Waals surface area contributed by atoms with Crippen molar-refractivity contribution in [2.75, 3.05) is 0 Å². The molecule has 1 heterocycles. The van der Waals surface area contributed by atoms with Crippen LogP contribution in [0.2, 0.25) is 0 Å². The third kappa shape index (κ3) is 3.99. The summed E-state index contributed by atoms with van der Waals surface area (Å²) in [4.78, 5) is 24.6. The first-order valence-electron chi connectivity index (χ1n) is 9.95. The van der Waals surface area contributed by atoms with Gasteiger partial charge in [-0.15, -0.1) is 0 Å². The van der Waals surface area contributed by atoms with Crippen molar-refractivity contribution >= 4 is 11.9 Å². The van der Waals surface area contributed by atoms with Crippen LogP contribution in [-0.2, 0) is 21.1 Å². The van der Waals surface area contributed by atoms with Crippen LogP contribution in [0.15, 0.2) is 42.5 Å². The fourth-order valence-electron chi connectivity index (χ4n) is 4.09. The van der Waals surface area contributed by atoms with Crippen LogP contribution in [0.1, 0.15) is 52.5 Å². The molecule has 0 saturated heterocycles. The molecule has 2 N–H and O–H groups in total. The van der Waals surface area contributed by atoms with Gasteiger partial charge in [0.25, 0.3) is 5.91 Å². The van der Waals surface area contributed by atoms with Gasteiger partial charge in [-0.2, -0.15) is 26.3 Å². The van der Waals surface area contributed by atoms with Crippen molar-refractivity contribution in [1.82, 2.24) is 5.32 Å². The highest BCUT2D eigenvalue weighted by atomic mass is 19.4. The van der Waals surface area contributed by atoms with E-state index in [4.69, 9.17) is 4.74 Å². The summed E-state index contributed by atoms with van der Waals surface area (Å²) in [7, 11) is 0. The monoisotopic (exact) mass is 491 g/mol. The molecule has 0 spiro atoms. The second-order valence-electron chi connectivity index (χ2n) is 8.35. The number of hydrogen-bond donors (Lipinski definition) is 2. The van der Waals surface area contributed by atoms with Crippen LogP contribution in [0.4, 0.5) is 30.7 Å². The Morgan fingerprint density at radius 3 is 2.32 bits per heavy atom.